The zero-order valence-electron chi connectivity index (χ0n) is 12.6. The molecule has 0 amide bonds. The standard InChI is InChI=1S/C16H13FNO.BF4/c1-18-11-15(12-5-3-2-4-6-12)16(19-18)13-7-9-14(17)10-8-13;2-1(3,4)5/h2-11H,1H3;/q+1;-1. The molecule has 126 valence electrons. The maximum atomic E-state index is 13.0. The molecule has 0 aliphatic rings. The third-order valence-corrected chi connectivity index (χ3v) is 2.98. The van der Waals surface area contributed by atoms with E-state index in [0.29, 0.717) is 0 Å². The molecule has 0 N–H and O–H groups in total. The Balaban J connectivity index is 0.000000368. The fraction of sp³-hybridized carbons (Fsp3) is 0.0625. The molecule has 1 heterocycles. The highest BCUT2D eigenvalue weighted by Crippen LogP contribution is 2.31. The van der Waals surface area contributed by atoms with Gasteiger partial charge in [-0.05, 0) is 34.6 Å². The molecule has 24 heavy (non-hydrogen) atoms. The minimum atomic E-state index is -6.00. The van der Waals surface area contributed by atoms with Crippen LogP contribution in [0.3, 0.4) is 0 Å². The Bertz CT molecular complexity index is 778. The monoisotopic (exact) mass is 341 g/mol. The molecule has 0 bridgehead atoms. The van der Waals surface area contributed by atoms with Gasteiger partial charge in [-0.25, -0.2) is 8.91 Å². The quantitative estimate of drug-likeness (QED) is 0.369. The van der Waals surface area contributed by atoms with E-state index in [4.69, 9.17) is 4.52 Å². The van der Waals surface area contributed by atoms with Crippen LogP contribution >= 0.6 is 0 Å². The summed E-state index contributed by atoms with van der Waals surface area (Å²) in [5, 5.41) is 0. The van der Waals surface area contributed by atoms with Gasteiger partial charge in [0.2, 0.25) is 12.0 Å². The van der Waals surface area contributed by atoms with Gasteiger partial charge in [0.25, 0.3) is 0 Å². The van der Waals surface area contributed by atoms with Crippen molar-refractivity contribution in [3.63, 3.8) is 0 Å². The Kier molecular flexibility index (Phi) is 5.38. The van der Waals surface area contributed by atoms with E-state index in [1.165, 1.54) is 12.1 Å². The number of aromatic nitrogens is 1. The summed E-state index contributed by atoms with van der Waals surface area (Å²) in [6.07, 6.45) is 1.92. The zero-order chi connectivity index (χ0) is 17.7. The van der Waals surface area contributed by atoms with E-state index in [2.05, 4.69) is 0 Å². The lowest BCUT2D eigenvalue weighted by Crippen LogP contribution is -2.22. The minimum Gasteiger partial charge on any atom is -0.418 e. The van der Waals surface area contributed by atoms with Crippen LogP contribution in [0, 0.1) is 5.82 Å². The summed E-state index contributed by atoms with van der Waals surface area (Å²) in [6.45, 7) is 0. The normalized spacial score (nSPS) is 10.9. The third kappa shape index (κ3) is 5.22. The summed E-state index contributed by atoms with van der Waals surface area (Å²) in [7, 11) is -4.17. The molecule has 0 aliphatic heterocycles. The molecule has 0 saturated carbocycles. The number of halogens is 5. The largest absolute Gasteiger partial charge is 0.673 e. The van der Waals surface area contributed by atoms with E-state index < -0.39 is 7.25 Å². The highest BCUT2D eigenvalue weighted by atomic mass is 19.5. The topological polar surface area (TPSA) is 17.0 Å². The lowest BCUT2D eigenvalue weighted by Gasteiger charge is -1.98. The predicted octanol–water partition coefficient (Wildman–Crippen LogP) is 4.88. The van der Waals surface area contributed by atoms with Gasteiger partial charge in [0.05, 0.1) is 0 Å². The van der Waals surface area contributed by atoms with Crippen LogP contribution in [0.5, 0.6) is 0 Å². The van der Waals surface area contributed by atoms with Gasteiger partial charge in [0.15, 0.2) is 7.05 Å². The number of aryl methyl sites for hydroxylation is 1. The van der Waals surface area contributed by atoms with E-state index >= 15 is 0 Å². The van der Waals surface area contributed by atoms with Crippen molar-refractivity contribution >= 4 is 7.25 Å². The molecule has 0 unspecified atom stereocenters. The number of hydrogen-bond donors (Lipinski definition) is 0. The Labute approximate surface area is 135 Å². The van der Waals surface area contributed by atoms with Crippen molar-refractivity contribution in [2.75, 3.05) is 0 Å². The molecule has 0 atom stereocenters. The van der Waals surface area contributed by atoms with Crippen LogP contribution in [0.15, 0.2) is 65.3 Å². The van der Waals surface area contributed by atoms with Crippen molar-refractivity contribution in [3.05, 3.63) is 66.6 Å². The second-order valence-electron chi connectivity index (χ2n) is 4.88. The van der Waals surface area contributed by atoms with E-state index in [9.17, 15) is 21.7 Å². The van der Waals surface area contributed by atoms with Gasteiger partial charge in [0, 0.05) is 5.56 Å². The average molecular weight is 341 g/mol. The smallest absolute Gasteiger partial charge is 0.418 e. The van der Waals surface area contributed by atoms with Crippen molar-refractivity contribution in [1.82, 2.24) is 0 Å². The molecule has 0 aliphatic carbocycles. The Morgan fingerprint density at radius 3 is 1.92 bits per heavy atom. The molecule has 1 aromatic heterocycles. The van der Waals surface area contributed by atoms with Gasteiger partial charge in [-0.15, -0.1) is 0 Å². The minimum absolute atomic E-state index is 0.249. The van der Waals surface area contributed by atoms with Crippen LogP contribution in [0.4, 0.5) is 21.7 Å². The Morgan fingerprint density at radius 1 is 0.833 bits per heavy atom. The molecule has 0 spiro atoms. The Hall–Kier alpha value is -2.64. The van der Waals surface area contributed by atoms with E-state index in [1.54, 1.807) is 16.9 Å². The maximum Gasteiger partial charge on any atom is 0.673 e. The molecule has 3 aromatic rings. The summed E-state index contributed by atoms with van der Waals surface area (Å²) >= 11 is 0. The van der Waals surface area contributed by atoms with Gasteiger partial charge in [-0.2, -0.15) is 0 Å². The van der Waals surface area contributed by atoms with Crippen LogP contribution in [-0.4, -0.2) is 7.25 Å². The second-order valence-corrected chi connectivity index (χ2v) is 4.88. The molecule has 2 aromatic carbocycles. The molecular weight excluding hydrogens is 328 g/mol. The molecular formula is C16H13BF5NO. The summed E-state index contributed by atoms with van der Waals surface area (Å²) in [5.41, 5.74) is 2.93. The van der Waals surface area contributed by atoms with Crippen molar-refractivity contribution < 1.29 is 30.9 Å². The van der Waals surface area contributed by atoms with E-state index in [0.717, 1.165) is 22.5 Å². The SMILES string of the molecule is C[n+]1cc(-c2ccccc2)c(-c2ccc(F)cc2)o1.F[B-](F)(F)F. The van der Waals surface area contributed by atoms with Crippen LogP contribution in [0.25, 0.3) is 22.5 Å². The third-order valence-electron chi connectivity index (χ3n) is 2.98. The zero-order valence-corrected chi connectivity index (χ0v) is 12.6. The molecule has 3 rings (SSSR count). The fourth-order valence-corrected chi connectivity index (χ4v) is 2.09. The second kappa shape index (κ2) is 7.29. The molecule has 0 radical (unpaired) electrons. The fourth-order valence-electron chi connectivity index (χ4n) is 2.09. The molecule has 2 nitrogen and oxygen atoms in total. The summed E-state index contributed by atoms with van der Waals surface area (Å²) in [5.74, 6) is 0.495. The summed E-state index contributed by atoms with van der Waals surface area (Å²) in [6, 6.07) is 16.3. The first-order chi connectivity index (χ1) is 11.2. The first-order valence-corrected chi connectivity index (χ1v) is 6.92. The van der Waals surface area contributed by atoms with Crippen LogP contribution in [-0.2, 0) is 7.05 Å². The summed E-state index contributed by atoms with van der Waals surface area (Å²) < 4.78 is 59.3. The molecule has 0 saturated heterocycles. The van der Waals surface area contributed by atoms with Crippen molar-refractivity contribution in [3.8, 4) is 22.5 Å². The van der Waals surface area contributed by atoms with Crippen molar-refractivity contribution in [1.29, 1.82) is 0 Å². The molecule has 0 fully saturated rings. The predicted molar refractivity (Wildman–Crippen MR) is 80.9 cm³/mol. The van der Waals surface area contributed by atoms with Crippen molar-refractivity contribution in [2.45, 2.75) is 0 Å². The van der Waals surface area contributed by atoms with Gasteiger partial charge in [-0.1, -0.05) is 30.3 Å². The Morgan fingerprint density at radius 2 is 1.38 bits per heavy atom. The van der Waals surface area contributed by atoms with Gasteiger partial charge < -0.3 is 17.3 Å². The van der Waals surface area contributed by atoms with Crippen LogP contribution in [0.2, 0.25) is 0 Å². The summed E-state index contributed by atoms with van der Waals surface area (Å²) in [4.78, 5) is 0. The number of nitrogens with zero attached hydrogens (tertiary/aromatic N) is 1. The lowest BCUT2D eigenvalue weighted by molar-refractivity contribution is -0.843. The van der Waals surface area contributed by atoms with Crippen molar-refractivity contribution in [2.24, 2.45) is 7.05 Å². The number of rotatable bonds is 2. The van der Waals surface area contributed by atoms with Gasteiger partial charge in [0.1, 0.15) is 11.4 Å². The first-order valence-electron chi connectivity index (χ1n) is 6.92. The highest BCUT2D eigenvalue weighted by Gasteiger charge is 2.20. The highest BCUT2D eigenvalue weighted by molar-refractivity contribution is 6.50. The average Bonchev–Trinajstić information content (AvgIpc) is 2.89. The maximum absolute atomic E-state index is 13.0. The van der Waals surface area contributed by atoms with E-state index in [-0.39, 0.29) is 5.82 Å². The lowest BCUT2D eigenvalue weighted by atomic mass is 10.0. The van der Waals surface area contributed by atoms with E-state index in [1.807, 2.05) is 43.6 Å². The van der Waals surface area contributed by atoms with Crippen LogP contribution in [0.1, 0.15) is 0 Å². The molecule has 8 heteroatoms. The number of hydrogen-bond acceptors (Lipinski definition) is 1. The van der Waals surface area contributed by atoms with Gasteiger partial charge >= 0.3 is 7.25 Å². The van der Waals surface area contributed by atoms with Crippen LogP contribution < -0.4 is 4.74 Å². The van der Waals surface area contributed by atoms with Gasteiger partial charge in [-0.3, -0.25) is 0 Å². The number of benzene rings is 2. The first kappa shape index (κ1) is 17.7.